The van der Waals surface area contributed by atoms with E-state index < -0.39 is 95.4 Å². The number of nitrogens with zero attached hydrogens (tertiary/aromatic N) is 2. The van der Waals surface area contributed by atoms with Gasteiger partial charge in [0.15, 0.2) is 0 Å². The summed E-state index contributed by atoms with van der Waals surface area (Å²) in [5, 5.41) is 51.4. The summed E-state index contributed by atoms with van der Waals surface area (Å²) in [6.45, 7) is 1.41. The monoisotopic (exact) mass is 851 g/mol. The number of aliphatic hydroxyl groups is 2. The standard InChI is InChI=1S/C38H45N9O12S/c1-18(46(2)34(54)23(39)13-19-6-5-7-21(48)12-19)29(33(53)41-16-27-30(50)31(51)35(59-27)47-11-10-28(49)44-38(47)58)45-32(52)26(17-60)43-37(57)42-25(36(55)56)14-20-15-40-24-9-4-3-8-22(20)24/h3-12,15-16,18,23,25-26,29-31,35,40,48,50-51,60H,13-14,17,39H2,1-2H3,(H,41,53)(H,45,52)(H,55,56)(H2,42,43,57)(H,44,49,58)/b27-16-/t18-,23-,25-,26-,29-,30+,31+,35+/m0/s1. The molecule has 320 valence electrons. The van der Waals surface area contributed by atoms with Gasteiger partial charge in [0.2, 0.25) is 23.9 Å². The number of H-pyrrole nitrogens is 2. The van der Waals surface area contributed by atoms with Crippen molar-refractivity contribution in [1.82, 2.24) is 40.7 Å². The Bertz CT molecular complexity index is 2380. The normalized spacial score (nSPS) is 19.3. The number of likely N-dealkylation sites (N-methyl/N-ethyl adjacent to an activating group) is 1. The molecule has 60 heavy (non-hydrogen) atoms. The minimum Gasteiger partial charge on any atom is -0.508 e. The van der Waals surface area contributed by atoms with Crippen molar-refractivity contribution >= 4 is 53.3 Å². The van der Waals surface area contributed by atoms with Crippen molar-refractivity contribution in [2.45, 2.75) is 68.4 Å². The van der Waals surface area contributed by atoms with E-state index in [1.807, 2.05) is 4.98 Å². The number of thiol groups is 1. The zero-order valence-corrected chi connectivity index (χ0v) is 33.0. The van der Waals surface area contributed by atoms with Gasteiger partial charge in [-0.1, -0.05) is 30.3 Å². The Morgan fingerprint density at radius 1 is 1.00 bits per heavy atom. The molecule has 5 rings (SSSR count). The molecule has 1 aliphatic heterocycles. The van der Waals surface area contributed by atoms with E-state index in [9.17, 15) is 54.0 Å². The van der Waals surface area contributed by atoms with Gasteiger partial charge in [-0.05, 0) is 42.7 Å². The number of nitrogens with one attached hydrogen (secondary N) is 6. The number of aromatic hydroxyl groups is 1. The molecule has 1 aliphatic rings. The predicted octanol–water partition coefficient (Wildman–Crippen LogP) is -1.87. The minimum atomic E-state index is -1.78. The lowest BCUT2D eigenvalue weighted by atomic mass is 10.0. The Labute approximate surface area is 346 Å². The van der Waals surface area contributed by atoms with Gasteiger partial charge in [0.25, 0.3) is 5.56 Å². The molecule has 0 aliphatic carbocycles. The van der Waals surface area contributed by atoms with Gasteiger partial charge < -0.3 is 62.0 Å². The second kappa shape index (κ2) is 19.4. The number of nitrogens with two attached hydrogens (primary N) is 1. The Hall–Kier alpha value is -6.62. The fraction of sp³-hybridized carbons (Fsp3) is 0.342. The highest BCUT2D eigenvalue weighted by atomic mass is 32.1. The van der Waals surface area contributed by atoms with E-state index in [-0.39, 0.29) is 24.3 Å². The lowest BCUT2D eigenvalue weighted by Gasteiger charge is -2.33. The van der Waals surface area contributed by atoms with Gasteiger partial charge in [-0.25, -0.2) is 14.4 Å². The summed E-state index contributed by atoms with van der Waals surface area (Å²) in [7, 11) is 1.33. The molecular formula is C38H45N9O12S. The molecule has 0 radical (unpaired) electrons. The summed E-state index contributed by atoms with van der Waals surface area (Å²) < 4.78 is 6.35. The van der Waals surface area contributed by atoms with Gasteiger partial charge in [-0.3, -0.25) is 28.7 Å². The highest BCUT2D eigenvalue weighted by Gasteiger charge is 2.42. The van der Waals surface area contributed by atoms with Crippen LogP contribution >= 0.6 is 12.6 Å². The van der Waals surface area contributed by atoms with Crippen molar-refractivity contribution in [2.75, 3.05) is 12.8 Å². The fourth-order valence-corrected chi connectivity index (χ4v) is 6.70. The highest BCUT2D eigenvalue weighted by molar-refractivity contribution is 7.80. The third kappa shape index (κ3) is 10.5. The summed E-state index contributed by atoms with van der Waals surface area (Å²) in [5.41, 5.74) is 6.47. The van der Waals surface area contributed by atoms with E-state index in [1.54, 1.807) is 42.6 Å². The van der Waals surface area contributed by atoms with Crippen molar-refractivity contribution < 1.29 is 49.1 Å². The topological polar surface area (TPSA) is 324 Å². The number of para-hydroxylation sites is 1. The fourth-order valence-electron chi connectivity index (χ4n) is 6.45. The number of aliphatic hydroxyl groups excluding tert-OH is 2. The molecular weight excluding hydrogens is 807 g/mol. The first-order chi connectivity index (χ1) is 28.5. The van der Waals surface area contributed by atoms with E-state index in [1.165, 1.54) is 26.1 Å². The Morgan fingerprint density at radius 3 is 2.40 bits per heavy atom. The molecule has 0 spiro atoms. The number of carbonyl (C=O) groups is 5. The molecule has 0 unspecified atom stereocenters. The molecule has 5 amide bonds. The number of rotatable bonds is 16. The number of benzene rings is 2. The number of aromatic amines is 2. The third-order valence-corrected chi connectivity index (χ3v) is 10.2. The molecule has 2 aromatic heterocycles. The van der Waals surface area contributed by atoms with Crippen molar-refractivity contribution in [3.63, 3.8) is 0 Å². The smallest absolute Gasteiger partial charge is 0.331 e. The number of carboxylic acid groups (broad SMARTS) is 1. The minimum absolute atomic E-state index is 0.00483. The zero-order valence-electron chi connectivity index (χ0n) is 32.1. The molecule has 4 aromatic rings. The summed E-state index contributed by atoms with van der Waals surface area (Å²) in [6.07, 6.45) is -1.61. The van der Waals surface area contributed by atoms with Crippen LogP contribution in [0.15, 0.2) is 88.5 Å². The van der Waals surface area contributed by atoms with E-state index >= 15 is 0 Å². The number of urea groups is 1. The molecule has 1 fully saturated rings. The van der Waals surface area contributed by atoms with Crippen LogP contribution < -0.4 is 38.2 Å². The summed E-state index contributed by atoms with van der Waals surface area (Å²) >= 11 is 4.18. The van der Waals surface area contributed by atoms with E-state index in [2.05, 4.69) is 38.9 Å². The first-order valence-electron chi connectivity index (χ1n) is 18.4. The summed E-state index contributed by atoms with van der Waals surface area (Å²) in [6, 6.07) is 6.37. The van der Waals surface area contributed by atoms with Crippen LogP contribution in [0.3, 0.4) is 0 Å². The third-order valence-electron chi connectivity index (χ3n) is 9.86. The zero-order chi connectivity index (χ0) is 43.8. The molecule has 0 saturated carbocycles. The quantitative estimate of drug-likeness (QED) is 0.0551. The van der Waals surface area contributed by atoms with Crippen LogP contribution in [0.4, 0.5) is 4.79 Å². The molecule has 8 atom stereocenters. The van der Waals surface area contributed by atoms with E-state index in [0.717, 1.165) is 38.8 Å². The van der Waals surface area contributed by atoms with Gasteiger partial charge >= 0.3 is 17.7 Å². The number of hydrogen-bond acceptors (Lipinski definition) is 13. The van der Waals surface area contributed by atoms with E-state index in [0.29, 0.717) is 11.1 Å². The Balaban J connectivity index is 1.33. The number of phenolic OH excluding ortho intramolecular Hbond substituents is 1. The summed E-state index contributed by atoms with van der Waals surface area (Å²) in [5.74, 6) is -4.78. The van der Waals surface area contributed by atoms with Gasteiger partial charge in [0.05, 0.1) is 12.1 Å². The first-order valence-corrected chi connectivity index (χ1v) is 19.0. The molecule has 21 nitrogen and oxygen atoms in total. The highest BCUT2D eigenvalue weighted by Crippen LogP contribution is 2.30. The number of aliphatic carboxylic acids is 1. The first kappa shape index (κ1) is 44.5. The number of phenols is 1. The maximum Gasteiger partial charge on any atom is 0.331 e. The van der Waals surface area contributed by atoms with Crippen molar-refractivity contribution in [3.05, 3.63) is 111 Å². The molecule has 1 saturated heterocycles. The van der Waals surface area contributed by atoms with Gasteiger partial charge in [-0.15, -0.1) is 0 Å². The number of hydrogen-bond donors (Lipinski definition) is 12. The van der Waals surface area contributed by atoms with Crippen LogP contribution in [0, 0.1) is 0 Å². The van der Waals surface area contributed by atoms with Crippen molar-refractivity contribution in [3.8, 4) is 5.75 Å². The predicted molar refractivity (Wildman–Crippen MR) is 216 cm³/mol. The number of aromatic nitrogens is 3. The van der Waals surface area contributed by atoms with Gasteiger partial charge in [0.1, 0.15) is 41.8 Å². The van der Waals surface area contributed by atoms with Crippen LogP contribution in [0.25, 0.3) is 10.9 Å². The number of carbonyl (C=O) groups excluding carboxylic acids is 4. The molecule has 3 heterocycles. The van der Waals surface area contributed by atoms with Crippen LogP contribution in [-0.4, -0.2) is 125 Å². The lowest BCUT2D eigenvalue weighted by molar-refractivity contribution is -0.139. The Kier molecular flexibility index (Phi) is 14.4. The van der Waals surface area contributed by atoms with Crippen molar-refractivity contribution in [1.29, 1.82) is 0 Å². The number of ether oxygens (including phenoxy) is 1. The number of fused-ring (bicyclic) bond motifs is 1. The van der Waals surface area contributed by atoms with Gasteiger partial charge in [-0.2, -0.15) is 12.6 Å². The van der Waals surface area contributed by atoms with Crippen LogP contribution in [0.5, 0.6) is 5.75 Å². The summed E-state index contributed by atoms with van der Waals surface area (Å²) in [4.78, 5) is 96.5. The number of amides is 5. The maximum absolute atomic E-state index is 13.9. The lowest BCUT2D eigenvalue weighted by Crippen LogP contribution is -2.62. The average molecular weight is 852 g/mol. The molecule has 0 bridgehead atoms. The van der Waals surface area contributed by atoms with Crippen LogP contribution in [-0.2, 0) is 36.8 Å². The van der Waals surface area contributed by atoms with Crippen LogP contribution in [0.1, 0.15) is 24.3 Å². The molecule has 22 heteroatoms. The van der Waals surface area contributed by atoms with Crippen molar-refractivity contribution in [2.24, 2.45) is 5.73 Å². The Morgan fingerprint density at radius 2 is 1.72 bits per heavy atom. The number of carboxylic acids is 1. The van der Waals surface area contributed by atoms with E-state index in [4.69, 9.17) is 10.5 Å². The molecule has 12 N–H and O–H groups in total. The largest absolute Gasteiger partial charge is 0.508 e. The SMILES string of the molecule is C[C@@H]([C@H](NC(=O)[C@H](CS)NC(=O)N[C@@H](Cc1c[nH]c2ccccc12)C(=O)O)C(=O)N/C=C1\O[C@@H](n2ccc(=O)[nH]c2=O)[C@H](O)[C@@H]1O)N(C)C(=O)[C@@H](N)Cc1cccc(O)c1. The second-order valence-electron chi connectivity index (χ2n) is 14.0. The second-order valence-corrected chi connectivity index (χ2v) is 14.3. The maximum atomic E-state index is 13.9. The van der Waals surface area contributed by atoms with Crippen LogP contribution in [0.2, 0.25) is 0 Å². The van der Waals surface area contributed by atoms with Gasteiger partial charge in [0, 0.05) is 54.8 Å². The average Bonchev–Trinajstić information content (AvgIpc) is 3.75. The molecule has 2 aromatic carbocycles.